The van der Waals surface area contributed by atoms with Gasteiger partial charge < -0.3 is 14.2 Å². The summed E-state index contributed by atoms with van der Waals surface area (Å²) in [6, 6.07) is 0. The number of hydrogen-bond acceptors (Lipinski definition) is 5. The fourth-order valence-corrected chi connectivity index (χ4v) is 6.41. The van der Waals surface area contributed by atoms with Crippen molar-refractivity contribution in [3.8, 4) is 0 Å². The molecule has 3 fully saturated rings. The number of hydrogen-bond donors (Lipinski definition) is 0. The van der Waals surface area contributed by atoms with Crippen LogP contribution in [0.4, 0.5) is 0 Å². The van der Waals surface area contributed by atoms with Crippen molar-refractivity contribution in [1.29, 1.82) is 0 Å². The van der Waals surface area contributed by atoms with Gasteiger partial charge in [-0.3, -0.25) is 9.59 Å². The summed E-state index contributed by atoms with van der Waals surface area (Å²) in [6.07, 6.45) is 6.22. The Kier molecular flexibility index (Phi) is 4.45. The number of rotatable bonds is 1. The molecule has 2 saturated heterocycles. The van der Waals surface area contributed by atoms with Crippen LogP contribution in [0.1, 0.15) is 66.7 Å². The van der Waals surface area contributed by atoms with E-state index in [9.17, 15) is 9.59 Å². The van der Waals surface area contributed by atoms with Crippen LogP contribution in [-0.2, 0) is 23.8 Å². The molecule has 5 heteroatoms. The molecule has 150 valence electrons. The maximum absolute atomic E-state index is 12.8. The quantitative estimate of drug-likeness (QED) is 0.514. The maximum atomic E-state index is 12.8. The molecule has 2 bridgehead atoms. The molecule has 3 heterocycles. The predicted octanol–water partition coefficient (Wildman–Crippen LogP) is 3.80. The summed E-state index contributed by atoms with van der Waals surface area (Å²) in [5, 5.41) is 0. The molecule has 27 heavy (non-hydrogen) atoms. The molecule has 1 aliphatic carbocycles. The summed E-state index contributed by atoms with van der Waals surface area (Å²) in [4.78, 5) is 24.8. The zero-order chi connectivity index (χ0) is 19.6. The molecule has 0 aromatic carbocycles. The van der Waals surface area contributed by atoms with Crippen LogP contribution in [-0.4, -0.2) is 35.3 Å². The summed E-state index contributed by atoms with van der Waals surface area (Å²) < 4.78 is 18.7. The van der Waals surface area contributed by atoms with Crippen molar-refractivity contribution in [2.75, 3.05) is 0 Å². The smallest absolute Gasteiger partial charge is 0.309 e. The molecule has 3 aliphatic heterocycles. The van der Waals surface area contributed by atoms with Crippen LogP contribution in [0, 0.1) is 23.7 Å². The lowest BCUT2D eigenvalue weighted by Crippen LogP contribution is -2.54. The zero-order valence-corrected chi connectivity index (χ0v) is 17.1. The van der Waals surface area contributed by atoms with Gasteiger partial charge in [-0.15, -0.1) is 0 Å². The van der Waals surface area contributed by atoms with E-state index in [1.165, 1.54) is 12.5 Å². The van der Waals surface area contributed by atoms with Gasteiger partial charge in [0.1, 0.15) is 17.3 Å². The molecule has 5 nitrogen and oxygen atoms in total. The average Bonchev–Trinajstić information content (AvgIpc) is 2.93. The number of esters is 2. The summed E-state index contributed by atoms with van der Waals surface area (Å²) in [5.41, 5.74) is 0.113. The average molecular weight is 376 g/mol. The Labute approximate surface area is 161 Å². The third-order valence-corrected chi connectivity index (χ3v) is 7.64. The molecular weight excluding hydrogens is 344 g/mol. The van der Waals surface area contributed by atoms with Gasteiger partial charge in [-0.1, -0.05) is 18.6 Å². The Balaban J connectivity index is 1.84. The molecule has 0 unspecified atom stereocenters. The van der Waals surface area contributed by atoms with E-state index in [1.54, 1.807) is 0 Å². The van der Waals surface area contributed by atoms with Crippen LogP contribution in [0.5, 0.6) is 0 Å². The topological polar surface area (TPSA) is 61.8 Å². The van der Waals surface area contributed by atoms with Crippen LogP contribution < -0.4 is 0 Å². The lowest BCUT2D eigenvalue weighted by molar-refractivity contribution is -0.180. The van der Waals surface area contributed by atoms with Gasteiger partial charge in [0.15, 0.2) is 0 Å². The minimum absolute atomic E-state index is 0.00942. The van der Waals surface area contributed by atoms with Gasteiger partial charge in [0.05, 0.1) is 12.0 Å². The van der Waals surface area contributed by atoms with Crippen molar-refractivity contribution in [1.82, 2.24) is 0 Å². The molecular formula is C22H32O5. The van der Waals surface area contributed by atoms with Gasteiger partial charge >= 0.3 is 11.9 Å². The Morgan fingerprint density at radius 3 is 2.74 bits per heavy atom. The van der Waals surface area contributed by atoms with Crippen molar-refractivity contribution in [3.63, 3.8) is 0 Å². The first kappa shape index (κ1) is 19.0. The molecule has 4 rings (SSSR count). The highest BCUT2D eigenvalue weighted by Crippen LogP contribution is 2.59. The Bertz CT molecular complexity index is 684. The highest BCUT2D eigenvalue weighted by Gasteiger charge is 2.66. The van der Waals surface area contributed by atoms with Crippen molar-refractivity contribution in [2.24, 2.45) is 23.7 Å². The molecule has 0 spiro atoms. The number of fused-ring (bicyclic) bond motifs is 2. The molecule has 0 radical (unpaired) electrons. The van der Waals surface area contributed by atoms with E-state index in [4.69, 9.17) is 14.2 Å². The van der Waals surface area contributed by atoms with Crippen LogP contribution in [0.2, 0.25) is 0 Å². The lowest BCUT2D eigenvalue weighted by Gasteiger charge is -2.48. The Morgan fingerprint density at radius 2 is 2.04 bits per heavy atom. The van der Waals surface area contributed by atoms with Gasteiger partial charge in [-0.05, 0) is 58.8 Å². The number of carbonyl (C=O) groups excluding carboxylic acids is 2. The molecule has 0 amide bonds. The SMILES string of the molecule is CC(=O)O[C@]1(C)CC[C@H]2[C@@H]3[C@H]1[C@H]1C/C(C)=C\CC[C@@](C)(OC(=O)[C@H]2C)[C@@H]3O1. The van der Waals surface area contributed by atoms with Gasteiger partial charge in [0.25, 0.3) is 0 Å². The normalized spacial score (nSPS) is 51.0. The molecule has 0 aromatic heterocycles. The minimum atomic E-state index is -0.632. The van der Waals surface area contributed by atoms with Crippen molar-refractivity contribution in [2.45, 2.75) is 90.1 Å². The van der Waals surface area contributed by atoms with Crippen LogP contribution in [0.25, 0.3) is 0 Å². The summed E-state index contributed by atoms with van der Waals surface area (Å²) in [7, 11) is 0. The fraction of sp³-hybridized carbons (Fsp3) is 0.818. The number of ether oxygens (including phenoxy) is 3. The van der Waals surface area contributed by atoms with E-state index in [0.29, 0.717) is 0 Å². The molecule has 0 N–H and O–H groups in total. The Hall–Kier alpha value is -1.36. The van der Waals surface area contributed by atoms with E-state index in [0.717, 1.165) is 32.1 Å². The first-order valence-electron chi connectivity index (χ1n) is 10.4. The second-order valence-corrected chi connectivity index (χ2v) is 9.62. The van der Waals surface area contributed by atoms with E-state index in [2.05, 4.69) is 19.9 Å². The maximum Gasteiger partial charge on any atom is 0.309 e. The van der Waals surface area contributed by atoms with Crippen molar-refractivity contribution in [3.05, 3.63) is 11.6 Å². The molecule has 8 atom stereocenters. The standard InChI is InChI=1S/C22H32O5/c1-12-7-6-9-22(5)19-17-15(13(2)20(24)27-22)8-10-21(4,26-14(3)23)18(17)16(11-12)25-19/h7,13,15-19H,6,8-11H2,1-5H3/b12-7-/t13-,15+,16+,17+,18+,19+,21+,22+/m0/s1. The van der Waals surface area contributed by atoms with Gasteiger partial charge in [0, 0.05) is 18.8 Å². The fourth-order valence-electron chi connectivity index (χ4n) is 6.41. The molecule has 1 saturated carbocycles. The third-order valence-electron chi connectivity index (χ3n) is 7.64. The largest absolute Gasteiger partial charge is 0.459 e. The van der Waals surface area contributed by atoms with E-state index in [-0.39, 0.29) is 47.8 Å². The van der Waals surface area contributed by atoms with Gasteiger partial charge in [-0.2, -0.15) is 0 Å². The van der Waals surface area contributed by atoms with E-state index >= 15 is 0 Å². The predicted molar refractivity (Wildman–Crippen MR) is 99.8 cm³/mol. The van der Waals surface area contributed by atoms with Crippen LogP contribution in [0.3, 0.4) is 0 Å². The zero-order valence-electron chi connectivity index (χ0n) is 17.1. The van der Waals surface area contributed by atoms with E-state index in [1.807, 2.05) is 13.8 Å². The highest BCUT2D eigenvalue weighted by atomic mass is 16.6. The first-order valence-corrected chi connectivity index (χ1v) is 10.4. The van der Waals surface area contributed by atoms with Crippen molar-refractivity contribution >= 4 is 11.9 Å². The summed E-state index contributed by atoms with van der Waals surface area (Å²) >= 11 is 0. The molecule has 4 aliphatic rings. The van der Waals surface area contributed by atoms with Crippen LogP contribution >= 0.6 is 0 Å². The van der Waals surface area contributed by atoms with E-state index < -0.39 is 11.2 Å². The minimum Gasteiger partial charge on any atom is -0.459 e. The van der Waals surface area contributed by atoms with Gasteiger partial charge in [-0.25, -0.2) is 0 Å². The highest BCUT2D eigenvalue weighted by molar-refractivity contribution is 5.73. The number of allylic oxidation sites excluding steroid dienone is 1. The van der Waals surface area contributed by atoms with Crippen molar-refractivity contribution < 1.29 is 23.8 Å². The second-order valence-electron chi connectivity index (χ2n) is 9.62. The molecule has 0 aromatic rings. The lowest BCUT2D eigenvalue weighted by atomic mass is 9.58. The summed E-state index contributed by atoms with van der Waals surface area (Å²) in [6.45, 7) is 9.73. The Morgan fingerprint density at radius 1 is 1.30 bits per heavy atom. The third kappa shape index (κ3) is 2.93. The number of carbonyl (C=O) groups is 2. The first-order chi connectivity index (χ1) is 12.6. The monoisotopic (exact) mass is 376 g/mol. The summed E-state index contributed by atoms with van der Waals surface area (Å²) in [5.74, 6) is -0.0260. The van der Waals surface area contributed by atoms with Crippen LogP contribution in [0.15, 0.2) is 11.6 Å². The van der Waals surface area contributed by atoms with Gasteiger partial charge in [0.2, 0.25) is 0 Å². The second kappa shape index (κ2) is 6.33.